The van der Waals surface area contributed by atoms with Crippen molar-refractivity contribution in [2.24, 2.45) is 0 Å². The van der Waals surface area contributed by atoms with E-state index in [0.29, 0.717) is 11.1 Å². The summed E-state index contributed by atoms with van der Waals surface area (Å²) in [6.45, 7) is 0. The second-order valence-electron chi connectivity index (χ2n) is 3.18. The average Bonchev–Trinajstić information content (AvgIpc) is 2.87. The third kappa shape index (κ3) is 1.65. The van der Waals surface area contributed by atoms with Crippen LogP contribution < -0.4 is 0 Å². The lowest BCUT2D eigenvalue weighted by molar-refractivity contribution is 0.0696. The smallest absolute Gasteiger partial charge is 0.337 e. The molecule has 1 fully saturated rings. The Bertz CT molecular complexity index is 361. The van der Waals surface area contributed by atoms with E-state index in [0.717, 1.165) is 18.4 Å². The fourth-order valence-corrected chi connectivity index (χ4v) is 1.52. The maximum Gasteiger partial charge on any atom is 0.337 e. The van der Waals surface area contributed by atoms with Gasteiger partial charge in [-0.25, -0.2) is 9.78 Å². The number of nitrogens with zero attached hydrogens (tertiary/aromatic N) is 1. The zero-order chi connectivity index (χ0) is 9.42. The Balaban J connectivity index is 2.41. The Morgan fingerprint density at radius 1 is 1.62 bits per heavy atom. The van der Waals surface area contributed by atoms with E-state index in [-0.39, 0.29) is 5.56 Å². The van der Waals surface area contributed by atoms with Gasteiger partial charge in [-0.3, -0.25) is 0 Å². The number of halogens is 1. The summed E-state index contributed by atoms with van der Waals surface area (Å²) in [7, 11) is 0. The maximum absolute atomic E-state index is 10.6. The minimum atomic E-state index is -0.953. The minimum absolute atomic E-state index is 0.214. The molecule has 1 aliphatic rings. The second-order valence-corrected chi connectivity index (χ2v) is 3.54. The topological polar surface area (TPSA) is 50.2 Å². The predicted octanol–water partition coefficient (Wildman–Crippen LogP) is 2.31. The van der Waals surface area contributed by atoms with Crippen LogP contribution in [0.4, 0.5) is 0 Å². The van der Waals surface area contributed by atoms with Crippen LogP contribution in [0.15, 0.2) is 12.3 Å². The summed E-state index contributed by atoms with van der Waals surface area (Å²) in [6.07, 6.45) is 3.46. The first-order chi connectivity index (χ1) is 6.18. The second kappa shape index (κ2) is 3.00. The molecular formula is C9H8ClNO2. The van der Waals surface area contributed by atoms with E-state index in [1.54, 1.807) is 6.07 Å². The molecule has 0 bridgehead atoms. The SMILES string of the molecule is O=C(O)c1cnc(Cl)c(C2CC2)c1. The fraction of sp³-hybridized carbons (Fsp3) is 0.333. The molecule has 0 radical (unpaired) electrons. The maximum atomic E-state index is 10.6. The monoisotopic (exact) mass is 197 g/mol. The van der Waals surface area contributed by atoms with Crippen molar-refractivity contribution in [3.63, 3.8) is 0 Å². The largest absolute Gasteiger partial charge is 0.478 e. The van der Waals surface area contributed by atoms with Crippen LogP contribution >= 0.6 is 11.6 Å². The van der Waals surface area contributed by atoms with E-state index in [4.69, 9.17) is 16.7 Å². The lowest BCUT2D eigenvalue weighted by Gasteiger charge is -2.01. The van der Waals surface area contributed by atoms with E-state index in [1.807, 2.05) is 0 Å². The van der Waals surface area contributed by atoms with Crippen molar-refractivity contribution < 1.29 is 9.90 Å². The van der Waals surface area contributed by atoms with Crippen molar-refractivity contribution in [2.75, 3.05) is 0 Å². The minimum Gasteiger partial charge on any atom is -0.478 e. The van der Waals surface area contributed by atoms with Gasteiger partial charge in [-0.1, -0.05) is 11.6 Å². The predicted molar refractivity (Wildman–Crippen MR) is 48.2 cm³/mol. The zero-order valence-corrected chi connectivity index (χ0v) is 7.58. The fourth-order valence-electron chi connectivity index (χ4n) is 1.26. The number of pyridine rings is 1. The summed E-state index contributed by atoms with van der Waals surface area (Å²) < 4.78 is 0. The lowest BCUT2D eigenvalue weighted by Crippen LogP contribution is -1.99. The van der Waals surface area contributed by atoms with Crippen molar-refractivity contribution in [2.45, 2.75) is 18.8 Å². The molecule has 1 aromatic rings. The quantitative estimate of drug-likeness (QED) is 0.741. The molecule has 1 N–H and O–H groups in total. The first-order valence-corrected chi connectivity index (χ1v) is 4.45. The van der Waals surface area contributed by atoms with Gasteiger partial charge in [0, 0.05) is 6.20 Å². The van der Waals surface area contributed by atoms with Crippen molar-refractivity contribution >= 4 is 17.6 Å². The van der Waals surface area contributed by atoms with E-state index in [1.165, 1.54) is 6.20 Å². The Kier molecular flexibility index (Phi) is 1.96. The molecular weight excluding hydrogens is 190 g/mol. The third-order valence-corrected chi connectivity index (χ3v) is 2.45. The molecule has 1 aliphatic carbocycles. The molecule has 0 aliphatic heterocycles. The molecule has 68 valence electrons. The first kappa shape index (κ1) is 8.51. The molecule has 0 amide bonds. The van der Waals surface area contributed by atoms with Crippen molar-refractivity contribution in [1.82, 2.24) is 4.98 Å². The summed E-state index contributed by atoms with van der Waals surface area (Å²) in [4.78, 5) is 14.5. The Morgan fingerprint density at radius 2 is 2.31 bits per heavy atom. The number of hydrogen-bond acceptors (Lipinski definition) is 2. The number of aromatic nitrogens is 1. The van der Waals surface area contributed by atoms with Gasteiger partial charge in [-0.05, 0) is 30.4 Å². The molecule has 13 heavy (non-hydrogen) atoms. The van der Waals surface area contributed by atoms with Gasteiger partial charge in [0.1, 0.15) is 5.15 Å². The number of aromatic carboxylic acids is 1. The van der Waals surface area contributed by atoms with Gasteiger partial charge < -0.3 is 5.11 Å². The highest BCUT2D eigenvalue weighted by Gasteiger charge is 2.27. The number of carbonyl (C=O) groups is 1. The highest BCUT2D eigenvalue weighted by molar-refractivity contribution is 6.30. The summed E-state index contributed by atoms with van der Waals surface area (Å²) in [5, 5.41) is 9.16. The number of carboxylic acid groups (broad SMARTS) is 1. The number of rotatable bonds is 2. The average molecular weight is 198 g/mol. The molecule has 1 aromatic heterocycles. The number of carboxylic acids is 1. The van der Waals surface area contributed by atoms with Gasteiger partial charge in [-0.15, -0.1) is 0 Å². The molecule has 3 nitrogen and oxygen atoms in total. The van der Waals surface area contributed by atoms with Gasteiger partial charge in [0.25, 0.3) is 0 Å². The van der Waals surface area contributed by atoms with Crippen LogP contribution in [0.2, 0.25) is 5.15 Å². The molecule has 2 rings (SSSR count). The normalized spacial score (nSPS) is 15.8. The van der Waals surface area contributed by atoms with Crippen LogP contribution in [0.25, 0.3) is 0 Å². The summed E-state index contributed by atoms with van der Waals surface area (Å²) >= 11 is 5.83. The van der Waals surface area contributed by atoms with Crippen molar-refractivity contribution in [3.05, 3.63) is 28.5 Å². The Morgan fingerprint density at radius 3 is 2.85 bits per heavy atom. The molecule has 0 spiro atoms. The summed E-state index contributed by atoms with van der Waals surface area (Å²) in [6, 6.07) is 1.62. The van der Waals surface area contributed by atoms with Crippen LogP contribution in [0.3, 0.4) is 0 Å². The standard InChI is InChI=1S/C9H8ClNO2/c10-8-7(5-1-2-5)3-6(4-11-8)9(12)13/h3-5H,1-2H2,(H,12,13). The van der Waals surface area contributed by atoms with Crippen LogP contribution in [-0.4, -0.2) is 16.1 Å². The molecule has 0 aromatic carbocycles. The summed E-state index contributed by atoms with van der Waals surface area (Å²) in [5.41, 5.74) is 1.09. The van der Waals surface area contributed by atoms with Crippen molar-refractivity contribution in [3.8, 4) is 0 Å². The van der Waals surface area contributed by atoms with Gasteiger partial charge in [0.05, 0.1) is 5.56 Å². The van der Waals surface area contributed by atoms with Crippen LogP contribution in [0.5, 0.6) is 0 Å². The Hall–Kier alpha value is -1.09. The van der Waals surface area contributed by atoms with E-state index >= 15 is 0 Å². The lowest BCUT2D eigenvalue weighted by atomic mass is 10.1. The van der Waals surface area contributed by atoms with Crippen LogP contribution in [0.1, 0.15) is 34.7 Å². The molecule has 4 heteroatoms. The molecule has 1 heterocycles. The Labute approximate surface area is 80.4 Å². The van der Waals surface area contributed by atoms with Gasteiger partial charge >= 0.3 is 5.97 Å². The third-order valence-electron chi connectivity index (χ3n) is 2.13. The summed E-state index contributed by atoms with van der Waals surface area (Å²) in [5.74, 6) is -0.523. The highest BCUT2D eigenvalue weighted by Crippen LogP contribution is 2.42. The first-order valence-electron chi connectivity index (χ1n) is 4.07. The van der Waals surface area contributed by atoms with Crippen molar-refractivity contribution in [1.29, 1.82) is 0 Å². The van der Waals surface area contributed by atoms with E-state index in [9.17, 15) is 4.79 Å². The van der Waals surface area contributed by atoms with Gasteiger partial charge in [0.15, 0.2) is 0 Å². The molecule has 0 atom stereocenters. The molecule has 1 saturated carbocycles. The van der Waals surface area contributed by atoms with Crippen LogP contribution in [0, 0.1) is 0 Å². The zero-order valence-electron chi connectivity index (χ0n) is 6.83. The highest BCUT2D eigenvalue weighted by atomic mass is 35.5. The molecule has 0 saturated heterocycles. The number of hydrogen-bond donors (Lipinski definition) is 1. The van der Waals surface area contributed by atoms with Gasteiger partial charge in [-0.2, -0.15) is 0 Å². The van der Waals surface area contributed by atoms with Gasteiger partial charge in [0.2, 0.25) is 0 Å². The van der Waals surface area contributed by atoms with E-state index < -0.39 is 5.97 Å². The molecule has 0 unspecified atom stereocenters. The van der Waals surface area contributed by atoms with E-state index in [2.05, 4.69) is 4.98 Å². The van der Waals surface area contributed by atoms with Crippen LogP contribution in [-0.2, 0) is 0 Å².